The highest BCUT2D eigenvalue weighted by Crippen LogP contribution is 2.23. The summed E-state index contributed by atoms with van der Waals surface area (Å²) >= 11 is 1.63. The Labute approximate surface area is 186 Å². The van der Waals surface area contributed by atoms with Gasteiger partial charge in [-0.2, -0.15) is 4.31 Å². The van der Waals surface area contributed by atoms with Crippen LogP contribution in [0.5, 0.6) is 0 Å². The highest BCUT2D eigenvalue weighted by atomic mass is 32.2. The molecule has 1 aliphatic heterocycles. The highest BCUT2D eigenvalue weighted by Gasteiger charge is 2.29. The van der Waals surface area contributed by atoms with Crippen molar-refractivity contribution in [3.8, 4) is 11.3 Å². The molecule has 1 amide bonds. The van der Waals surface area contributed by atoms with Crippen molar-refractivity contribution < 1.29 is 13.2 Å². The summed E-state index contributed by atoms with van der Waals surface area (Å²) in [6, 6.07) is 9.63. The van der Waals surface area contributed by atoms with Gasteiger partial charge in [-0.15, -0.1) is 11.3 Å². The molecule has 0 radical (unpaired) electrons. The molecule has 1 aromatic carbocycles. The van der Waals surface area contributed by atoms with Crippen LogP contribution in [0.25, 0.3) is 11.3 Å². The number of carbonyl (C=O) groups is 1. The number of thiazole rings is 1. The summed E-state index contributed by atoms with van der Waals surface area (Å²) in [4.78, 5) is 17.3. The lowest BCUT2D eigenvalue weighted by atomic mass is 10.1. The third-order valence-corrected chi connectivity index (χ3v) is 8.12. The van der Waals surface area contributed by atoms with Gasteiger partial charge >= 0.3 is 0 Å². The Hall–Kier alpha value is -2.49. The molecule has 31 heavy (non-hydrogen) atoms. The van der Waals surface area contributed by atoms with E-state index in [9.17, 15) is 13.2 Å². The predicted octanol–water partition coefficient (Wildman–Crippen LogP) is 3.21. The van der Waals surface area contributed by atoms with Crippen molar-refractivity contribution in [3.63, 3.8) is 0 Å². The van der Waals surface area contributed by atoms with Gasteiger partial charge in [0.15, 0.2) is 0 Å². The fraction of sp³-hybridized carbons (Fsp3) is 0.364. The summed E-state index contributed by atoms with van der Waals surface area (Å²) < 4.78 is 28.5. The molecule has 164 valence electrons. The van der Waals surface area contributed by atoms with Gasteiger partial charge in [-0.05, 0) is 37.8 Å². The van der Waals surface area contributed by atoms with E-state index in [1.54, 1.807) is 23.0 Å². The van der Waals surface area contributed by atoms with E-state index in [0.29, 0.717) is 31.7 Å². The molecular formula is C22H26N4O3S2. The third-order valence-electron chi connectivity index (χ3n) is 5.48. The molecule has 3 heterocycles. The minimum Gasteiger partial charge on any atom is -0.350 e. The zero-order valence-electron chi connectivity index (χ0n) is 17.7. The standard InChI is InChI=1S/C22H26N4O3S2/c1-16-24-20(15-30-16)18-7-5-17(6-8-18)9-10-23-22(27)21-13-19(14-25(21)2)31(28,29)26-11-3-4-12-26/h5-8,13-15H,3-4,9-12H2,1-2H3,(H,23,27). The van der Waals surface area contributed by atoms with Crippen LogP contribution in [0.4, 0.5) is 0 Å². The lowest BCUT2D eigenvalue weighted by molar-refractivity contribution is 0.0946. The molecule has 0 saturated carbocycles. The van der Waals surface area contributed by atoms with Gasteiger partial charge in [0, 0.05) is 43.8 Å². The van der Waals surface area contributed by atoms with Gasteiger partial charge in [0.05, 0.1) is 10.7 Å². The van der Waals surface area contributed by atoms with Crippen LogP contribution < -0.4 is 5.32 Å². The highest BCUT2D eigenvalue weighted by molar-refractivity contribution is 7.89. The van der Waals surface area contributed by atoms with Crippen molar-refractivity contribution >= 4 is 27.3 Å². The van der Waals surface area contributed by atoms with Gasteiger partial charge in [-0.1, -0.05) is 24.3 Å². The summed E-state index contributed by atoms with van der Waals surface area (Å²) in [6.07, 6.45) is 3.96. The topological polar surface area (TPSA) is 84.3 Å². The summed E-state index contributed by atoms with van der Waals surface area (Å²) in [5, 5.41) is 5.98. The summed E-state index contributed by atoms with van der Waals surface area (Å²) in [7, 11) is -1.84. The van der Waals surface area contributed by atoms with Crippen LogP contribution in [0, 0.1) is 6.92 Å². The Balaban J connectivity index is 1.35. The van der Waals surface area contributed by atoms with Crippen LogP contribution in [0.3, 0.4) is 0 Å². The molecule has 1 aliphatic rings. The van der Waals surface area contributed by atoms with E-state index in [4.69, 9.17) is 0 Å². The lowest BCUT2D eigenvalue weighted by Gasteiger charge is -2.13. The number of amides is 1. The molecule has 3 aromatic rings. The van der Waals surface area contributed by atoms with Crippen LogP contribution in [-0.2, 0) is 23.5 Å². The second-order valence-corrected chi connectivity index (χ2v) is 10.7. The van der Waals surface area contributed by atoms with Crippen LogP contribution >= 0.6 is 11.3 Å². The Morgan fingerprint density at radius 2 is 1.90 bits per heavy atom. The van der Waals surface area contributed by atoms with E-state index in [1.807, 2.05) is 36.6 Å². The first-order valence-electron chi connectivity index (χ1n) is 10.3. The maximum absolute atomic E-state index is 12.7. The van der Waals surface area contributed by atoms with E-state index < -0.39 is 10.0 Å². The van der Waals surface area contributed by atoms with Crippen molar-refractivity contribution in [1.82, 2.24) is 19.2 Å². The van der Waals surface area contributed by atoms with E-state index in [0.717, 1.165) is 34.7 Å². The van der Waals surface area contributed by atoms with Crippen LogP contribution in [0.1, 0.15) is 33.9 Å². The maximum Gasteiger partial charge on any atom is 0.267 e. The molecule has 0 bridgehead atoms. The van der Waals surface area contributed by atoms with E-state index >= 15 is 0 Å². The van der Waals surface area contributed by atoms with Gasteiger partial charge in [-0.3, -0.25) is 4.79 Å². The molecule has 0 aliphatic carbocycles. The molecule has 1 saturated heterocycles. The Kier molecular flexibility index (Phi) is 6.27. The number of rotatable bonds is 7. The second kappa shape index (κ2) is 8.94. The molecular weight excluding hydrogens is 432 g/mol. The van der Waals surface area contributed by atoms with Crippen LogP contribution in [0.15, 0.2) is 46.8 Å². The molecule has 1 fully saturated rings. The van der Waals surface area contributed by atoms with Crippen molar-refractivity contribution in [2.45, 2.75) is 31.1 Å². The number of benzene rings is 1. The molecule has 1 N–H and O–H groups in total. The maximum atomic E-state index is 12.7. The summed E-state index contributed by atoms with van der Waals surface area (Å²) in [6.45, 7) is 3.54. The predicted molar refractivity (Wildman–Crippen MR) is 122 cm³/mol. The molecule has 7 nitrogen and oxygen atoms in total. The Morgan fingerprint density at radius 1 is 1.19 bits per heavy atom. The molecule has 4 rings (SSSR count). The van der Waals surface area contributed by atoms with Gasteiger partial charge in [0.25, 0.3) is 5.91 Å². The van der Waals surface area contributed by atoms with Gasteiger partial charge in [-0.25, -0.2) is 13.4 Å². The number of aryl methyl sites for hydroxylation is 2. The largest absolute Gasteiger partial charge is 0.350 e. The molecule has 9 heteroatoms. The number of hydrogen-bond acceptors (Lipinski definition) is 5. The van der Waals surface area contributed by atoms with E-state index in [-0.39, 0.29) is 10.8 Å². The molecule has 0 unspecified atom stereocenters. The van der Waals surface area contributed by atoms with Crippen LogP contribution in [0.2, 0.25) is 0 Å². The number of nitrogens with zero attached hydrogens (tertiary/aromatic N) is 3. The fourth-order valence-corrected chi connectivity index (χ4v) is 5.94. The number of hydrogen-bond donors (Lipinski definition) is 1. The number of sulfonamides is 1. The Morgan fingerprint density at radius 3 is 2.55 bits per heavy atom. The summed E-state index contributed by atoms with van der Waals surface area (Å²) in [5.41, 5.74) is 3.51. The SMILES string of the molecule is Cc1nc(-c2ccc(CCNC(=O)c3cc(S(=O)(=O)N4CCCC4)cn3C)cc2)cs1. The Bertz CT molecular complexity index is 1170. The molecule has 0 spiro atoms. The van der Waals surface area contributed by atoms with E-state index in [1.165, 1.54) is 16.6 Å². The van der Waals surface area contributed by atoms with Crippen molar-refractivity contribution in [3.05, 3.63) is 58.2 Å². The third kappa shape index (κ3) is 4.73. The number of nitrogens with one attached hydrogen (secondary N) is 1. The number of aromatic nitrogens is 2. The second-order valence-electron chi connectivity index (χ2n) is 7.74. The molecule has 0 atom stereocenters. The van der Waals surface area contributed by atoms with Crippen molar-refractivity contribution in [1.29, 1.82) is 0 Å². The van der Waals surface area contributed by atoms with E-state index in [2.05, 4.69) is 10.3 Å². The zero-order chi connectivity index (χ0) is 22.0. The molecule has 2 aromatic heterocycles. The summed E-state index contributed by atoms with van der Waals surface area (Å²) in [5.74, 6) is -0.278. The fourth-order valence-electron chi connectivity index (χ4n) is 3.73. The van der Waals surface area contributed by atoms with Crippen LogP contribution in [-0.4, -0.2) is 47.8 Å². The van der Waals surface area contributed by atoms with Gasteiger partial charge in [0.1, 0.15) is 10.6 Å². The first-order valence-corrected chi connectivity index (χ1v) is 12.6. The smallest absolute Gasteiger partial charge is 0.267 e. The van der Waals surface area contributed by atoms with Crippen molar-refractivity contribution in [2.75, 3.05) is 19.6 Å². The zero-order valence-corrected chi connectivity index (χ0v) is 19.3. The average molecular weight is 459 g/mol. The average Bonchev–Trinajstić information content (AvgIpc) is 3.49. The minimum atomic E-state index is -3.53. The van der Waals surface area contributed by atoms with Gasteiger partial charge < -0.3 is 9.88 Å². The number of carbonyl (C=O) groups excluding carboxylic acids is 1. The lowest BCUT2D eigenvalue weighted by Crippen LogP contribution is -2.28. The van der Waals surface area contributed by atoms with Crippen molar-refractivity contribution in [2.24, 2.45) is 7.05 Å². The minimum absolute atomic E-state index is 0.176. The first kappa shape index (κ1) is 21.7. The first-order chi connectivity index (χ1) is 14.8. The quantitative estimate of drug-likeness (QED) is 0.589. The monoisotopic (exact) mass is 458 g/mol. The van der Waals surface area contributed by atoms with Gasteiger partial charge in [0.2, 0.25) is 10.0 Å². The normalized spacial score (nSPS) is 14.8.